The molecular weight excluding hydrogens is 182 g/mol. The van der Waals surface area contributed by atoms with Crippen molar-refractivity contribution in [1.82, 2.24) is 5.32 Å². The highest BCUT2D eigenvalue weighted by molar-refractivity contribution is 5.77. The molecule has 1 amide bonds. The fraction of sp³-hybridized carbons (Fsp3) is 0.900. The number of amides is 1. The topological polar surface area (TPSA) is 47.6 Å². The van der Waals surface area contributed by atoms with Crippen molar-refractivity contribution in [2.45, 2.75) is 32.4 Å². The fourth-order valence-electron chi connectivity index (χ4n) is 1.90. The molecule has 0 saturated heterocycles. The number of rotatable bonds is 4. The second-order valence-electron chi connectivity index (χ2n) is 4.33. The van der Waals surface area contributed by atoms with E-state index < -0.39 is 0 Å². The van der Waals surface area contributed by atoms with E-state index in [0.29, 0.717) is 0 Å². The normalized spacial score (nSPS) is 29.4. The van der Waals surface area contributed by atoms with Crippen LogP contribution in [0, 0.1) is 5.41 Å². The van der Waals surface area contributed by atoms with E-state index >= 15 is 0 Å². The van der Waals surface area contributed by atoms with Gasteiger partial charge in [0.1, 0.15) is 6.61 Å². The van der Waals surface area contributed by atoms with E-state index in [0.717, 1.165) is 6.42 Å². The highest BCUT2D eigenvalue weighted by Crippen LogP contribution is 2.42. The Labute approximate surface area is 85.0 Å². The lowest BCUT2D eigenvalue weighted by Gasteiger charge is -2.51. The summed E-state index contributed by atoms with van der Waals surface area (Å²) >= 11 is 0. The Hall–Kier alpha value is -0.610. The Morgan fingerprint density at radius 2 is 2.14 bits per heavy atom. The van der Waals surface area contributed by atoms with E-state index in [-0.39, 0.29) is 30.1 Å². The molecule has 0 spiro atoms. The number of nitrogens with one attached hydrogen (secondary N) is 1. The zero-order valence-corrected chi connectivity index (χ0v) is 9.29. The van der Waals surface area contributed by atoms with Crippen LogP contribution < -0.4 is 5.32 Å². The third-order valence-electron chi connectivity index (χ3n) is 3.07. The molecule has 0 aromatic rings. The summed E-state index contributed by atoms with van der Waals surface area (Å²) in [5.41, 5.74) is 0.0259. The number of methoxy groups -OCH3 is 2. The summed E-state index contributed by atoms with van der Waals surface area (Å²) in [7, 11) is 3.23. The van der Waals surface area contributed by atoms with Gasteiger partial charge in [0, 0.05) is 25.7 Å². The Morgan fingerprint density at radius 1 is 1.50 bits per heavy atom. The van der Waals surface area contributed by atoms with E-state index in [4.69, 9.17) is 9.47 Å². The van der Waals surface area contributed by atoms with Crippen LogP contribution in [0.5, 0.6) is 0 Å². The quantitative estimate of drug-likeness (QED) is 0.723. The maximum absolute atomic E-state index is 11.3. The van der Waals surface area contributed by atoms with Gasteiger partial charge in [-0.25, -0.2) is 0 Å². The van der Waals surface area contributed by atoms with Gasteiger partial charge in [0.25, 0.3) is 0 Å². The molecule has 4 nitrogen and oxygen atoms in total. The third-order valence-corrected chi connectivity index (χ3v) is 3.07. The van der Waals surface area contributed by atoms with E-state index in [2.05, 4.69) is 19.2 Å². The number of carbonyl (C=O) groups is 1. The molecule has 82 valence electrons. The van der Waals surface area contributed by atoms with Gasteiger partial charge in [0.2, 0.25) is 5.91 Å². The third kappa shape index (κ3) is 2.07. The van der Waals surface area contributed by atoms with Gasteiger partial charge in [-0.3, -0.25) is 4.79 Å². The lowest BCUT2D eigenvalue weighted by atomic mass is 9.64. The van der Waals surface area contributed by atoms with Crippen LogP contribution in [0.3, 0.4) is 0 Å². The number of hydrogen-bond donors (Lipinski definition) is 1. The van der Waals surface area contributed by atoms with Crippen molar-refractivity contribution in [3.05, 3.63) is 0 Å². The molecule has 1 saturated carbocycles. The van der Waals surface area contributed by atoms with Gasteiger partial charge < -0.3 is 14.8 Å². The van der Waals surface area contributed by atoms with Crippen LogP contribution in [0.4, 0.5) is 0 Å². The molecule has 1 aliphatic rings. The maximum Gasteiger partial charge on any atom is 0.246 e. The van der Waals surface area contributed by atoms with E-state index in [1.165, 1.54) is 7.11 Å². The molecule has 1 rings (SSSR count). The van der Waals surface area contributed by atoms with Gasteiger partial charge >= 0.3 is 0 Å². The second kappa shape index (κ2) is 4.28. The molecule has 0 radical (unpaired) electrons. The number of ether oxygens (including phenoxy) is 2. The van der Waals surface area contributed by atoms with Crippen LogP contribution in [0.2, 0.25) is 0 Å². The molecule has 1 fully saturated rings. The summed E-state index contributed by atoms with van der Waals surface area (Å²) in [6, 6.07) is 0.204. The zero-order valence-electron chi connectivity index (χ0n) is 9.29. The first-order valence-corrected chi connectivity index (χ1v) is 4.83. The lowest BCUT2D eigenvalue weighted by Crippen LogP contribution is -2.62. The van der Waals surface area contributed by atoms with E-state index in [1.54, 1.807) is 7.11 Å². The van der Waals surface area contributed by atoms with Crippen molar-refractivity contribution in [1.29, 1.82) is 0 Å². The summed E-state index contributed by atoms with van der Waals surface area (Å²) < 4.78 is 10.0. The van der Waals surface area contributed by atoms with Crippen LogP contribution in [0.25, 0.3) is 0 Å². The molecule has 0 heterocycles. The average Bonchev–Trinajstić information content (AvgIpc) is 2.12. The minimum Gasteiger partial charge on any atom is -0.381 e. The summed E-state index contributed by atoms with van der Waals surface area (Å²) in [6.45, 7) is 4.33. The summed E-state index contributed by atoms with van der Waals surface area (Å²) in [6.07, 6.45) is 1.13. The van der Waals surface area contributed by atoms with Gasteiger partial charge in [-0.1, -0.05) is 13.8 Å². The Bertz CT molecular complexity index is 215. The molecule has 2 unspecified atom stereocenters. The van der Waals surface area contributed by atoms with Crippen LogP contribution in [0.15, 0.2) is 0 Å². The predicted molar refractivity (Wildman–Crippen MR) is 53.0 cm³/mol. The first kappa shape index (κ1) is 11.5. The van der Waals surface area contributed by atoms with Crippen LogP contribution >= 0.6 is 0 Å². The molecular formula is C10H19NO3. The summed E-state index contributed by atoms with van der Waals surface area (Å²) in [4.78, 5) is 11.3. The Morgan fingerprint density at radius 3 is 2.57 bits per heavy atom. The zero-order chi connectivity index (χ0) is 10.8. The smallest absolute Gasteiger partial charge is 0.246 e. The Balaban J connectivity index is 2.39. The summed E-state index contributed by atoms with van der Waals surface area (Å²) in [5.74, 6) is -0.0554. The molecule has 0 aromatic carbocycles. The van der Waals surface area contributed by atoms with Crippen molar-refractivity contribution < 1.29 is 14.3 Å². The minimum absolute atomic E-state index is 0.0259. The fourth-order valence-corrected chi connectivity index (χ4v) is 1.90. The lowest BCUT2D eigenvalue weighted by molar-refractivity contribution is -0.135. The second-order valence-corrected chi connectivity index (χ2v) is 4.33. The van der Waals surface area contributed by atoms with E-state index in [1.807, 2.05) is 0 Å². The van der Waals surface area contributed by atoms with Crippen molar-refractivity contribution in [2.75, 3.05) is 20.8 Å². The molecule has 2 atom stereocenters. The molecule has 0 aliphatic heterocycles. The Kier molecular flexibility index (Phi) is 3.50. The van der Waals surface area contributed by atoms with Crippen molar-refractivity contribution >= 4 is 5.91 Å². The molecule has 0 aromatic heterocycles. The molecule has 4 heteroatoms. The highest BCUT2D eigenvalue weighted by Gasteiger charge is 2.49. The van der Waals surface area contributed by atoms with Gasteiger partial charge in [-0.2, -0.15) is 0 Å². The van der Waals surface area contributed by atoms with Crippen molar-refractivity contribution in [2.24, 2.45) is 5.41 Å². The molecule has 1 aliphatic carbocycles. The number of hydrogen-bond acceptors (Lipinski definition) is 3. The largest absolute Gasteiger partial charge is 0.381 e. The van der Waals surface area contributed by atoms with Gasteiger partial charge in [0.15, 0.2) is 0 Å². The average molecular weight is 201 g/mol. The van der Waals surface area contributed by atoms with Crippen molar-refractivity contribution in [3.8, 4) is 0 Å². The molecule has 14 heavy (non-hydrogen) atoms. The standard InChI is InChI=1S/C10H19NO3/c1-10(2)7(5-8(10)14-4)11-9(12)6-13-3/h7-8H,5-6H2,1-4H3,(H,11,12). The molecule has 0 bridgehead atoms. The maximum atomic E-state index is 11.3. The van der Waals surface area contributed by atoms with E-state index in [9.17, 15) is 4.79 Å². The first-order valence-electron chi connectivity index (χ1n) is 4.83. The van der Waals surface area contributed by atoms with Gasteiger partial charge in [0.05, 0.1) is 6.10 Å². The van der Waals surface area contributed by atoms with Crippen LogP contribution in [-0.2, 0) is 14.3 Å². The monoisotopic (exact) mass is 201 g/mol. The predicted octanol–water partition coefficient (Wildman–Crippen LogP) is 0.562. The minimum atomic E-state index is -0.0554. The van der Waals surface area contributed by atoms with Crippen LogP contribution in [0.1, 0.15) is 20.3 Å². The molecule has 1 N–H and O–H groups in total. The van der Waals surface area contributed by atoms with Gasteiger partial charge in [-0.05, 0) is 6.42 Å². The van der Waals surface area contributed by atoms with Crippen molar-refractivity contribution in [3.63, 3.8) is 0 Å². The number of carbonyl (C=O) groups excluding carboxylic acids is 1. The highest BCUT2D eigenvalue weighted by atomic mass is 16.5. The first-order chi connectivity index (χ1) is 6.52. The summed E-state index contributed by atoms with van der Waals surface area (Å²) in [5, 5.41) is 2.93. The van der Waals surface area contributed by atoms with Crippen LogP contribution in [-0.4, -0.2) is 38.9 Å². The SMILES string of the molecule is COCC(=O)NC1CC(OC)C1(C)C. The van der Waals surface area contributed by atoms with Gasteiger partial charge in [-0.15, -0.1) is 0 Å².